The van der Waals surface area contributed by atoms with E-state index in [-0.39, 0.29) is 6.08 Å². The maximum Gasteiger partial charge on any atom is 0.414 e. The van der Waals surface area contributed by atoms with Crippen molar-refractivity contribution in [2.45, 2.75) is 26.8 Å². The van der Waals surface area contributed by atoms with Gasteiger partial charge in [-0.3, -0.25) is 0 Å². The van der Waals surface area contributed by atoms with Gasteiger partial charge in [-0.25, -0.2) is 0 Å². The van der Waals surface area contributed by atoms with Crippen molar-refractivity contribution < 1.29 is 9.15 Å². The molecule has 0 unspecified atom stereocenters. The molecule has 0 amide bonds. The first-order valence-corrected chi connectivity index (χ1v) is 5.93. The first kappa shape index (κ1) is 12.4. The Balaban J connectivity index is 2.10. The molecule has 0 saturated heterocycles. The summed E-state index contributed by atoms with van der Waals surface area (Å²) in [5.74, 6) is 0.511. The Morgan fingerprint density at radius 1 is 1.33 bits per heavy atom. The molecular formula is C13H17N3O2. The van der Waals surface area contributed by atoms with Crippen LogP contribution in [-0.4, -0.2) is 17.3 Å². The average molecular weight is 247 g/mol. The number of rotatable bonds is 5. The molecule has 0 bridgehead atoms. The summed E-state index contributed by atoms with van der Waals surface area (Å²) in [6.07, 6.45) is 1.17. The van der Waals surface area contributed by atoms with Gasteiger partial charge in [0.15, 0.2) is 0 Å². The number of ether oxygens (including phenoxy) is 1. The van der Waals surface area contributed by atoms with Crippen molar-refractivity contribution in [3.63, 3.8) is 0 Å². The standard InChI is InChI=1S/C13H17N3O2/c1-4-10-7-5-6-9(2)12(10)14-8-11-15-16-13(17-3)18-11/h5-7,14H,4,8H2,1-3H3. The number of para-hydroxylation sites is 1. The van der Waals surface area contributed by atoms with Crippen LogP contribution in [0.15, 0.2) is 22.6 Å². The summed E-state index contributed by atoms with van der Waals surface area (Å²) in [6, 6.07) is 6.26. The normalized spacial score (nSPS) is 10.4. The fraction of sp³-hybridized carbons (Fsp3) is 0.385. The van der Waals surface area contributed by atoms with Crippen LogP contribution in [0.1, 0.15) is 23.9 Å². The predicted molar refractivity (Wildman–Crippen MR) is 68.7 cm³/mol. The third-order valence-corrected chi connectivity index (χ3v) is 2.78. The predicted octanol–water partition coefficient (Wildman–Crippen LogP) is 2.56. The van der Waals surface area contributed by atoms with E-state index in [1.807, 2.05) is 0 Å². The molecule has 0 saturated carbocycles. The zero-order chi connectivity index (χ0) is 13.0. The highest BCUT2D eigenvalue weighted by Gasteiger charge is 2.08. The SMILES string of the molecule is CCc1cccc(C)c1NCc1nnc(OC)o1. The number of nitrogens with zero attached hydrogens (tertiary/aromatic N) is 2. The summed E-state index contributed by atoms with van der Waals surface area (Å²) in [5, 5.41) is 11.0. The molecule has 1 heterocycles. The van der Waals surface area contributed by atoms with E-state index in [1.54, 1.807) is 0 Å². The zero-order valence-corrected chi connectivity index (χ0v) is 10.9. The number of nitrogens with one attached hydrogen (secondary N) is 1. The molecule has 5 nitrogen and oxygen atoms in total. The summed E-state index contributed by atoms with van der Waals surface area (Å²) in [6.45, 7) is 4.71. The quantitative estimate of drug-likeness (QED) is 0.879. The van der Waals surface area contributed by atoms with Crippen LogP contribution in [0.4, 0.5) is 5.69 Å². The van der Waals surface area contributed by atoms with Gasteiger partial charge in [0.25, 0.3) is 0 Å². The lowest BCUT2D eigenvalue weighted by Crippen LogP contribution is -2.04. The highest BCUT2D eigenvalue weighted by Crippen LogP contribution is 2.21. The van der Waals surface area contributed by atoms with Crippen LogP contribution >= 0.6 is 0 Å². The molecule has 2 aromatic rings. The number of methoxy groups -OCH3 is 1. The van der Waals surface area contributed by atoms with Crippen molar-refractivity contribution >= 4 is 5.69 Å². The molecule has 96 valence electrons. The average Bonchev–Trinajstić information content (AvgIpc) is 2.85. The molecule has 0 radical (unpaired) electrons. The monoisotopic (exact) mass is 247 g/mol. The van der Waals surface area contributed by atoms with Gasteiger partial charge in [0.2, 0.25) is 5.89 Å². The summed E-state index contributed by atoms with van der Waals surface area (Å²) in [4.78, 5) is 0. The first-order valence-electron chi connectivity index (χ1n) is 5.93. The van der Waals surface area contributed by atoms with Crippen molar-refractivity contribution in [3.05, 3.63) is 35.2 Å². The van der Waals surface area contributed by atoms with E-state index in [2.05, 4.69) is 47.6 Å². The zero-order valence-electron chi connectivity index (χ0n) is 10.9. The van der Waals surface area contributed by atoms with Gasteiger partial charge in [-0.2, -0.15) is 0 Å². The number of anilines is 1. The highest BCUT2D eigenvalue weighted by molar-refractivity contribution is 5.57. The van der Waals surface area contributed by atoms with Crippen LogP contribution in [0.5, 0.6) is 6.08 Å². The molecule has 0 fully saturated rings. The molecule has 0 aliphatic heterocycles. The Bertz CT molecular complexity index is 523. The maximum atomic E-state index is 5.26. The number of aryl methyl sites for hydroxylation is 2. The van der Waals surface area contributed by atoms with E-state index in [1.165, 1.54) is 18.2 Å². The van der Waals surface area contributed by atoms with Gasteiger partial charge in [0.05, 0.1) is 13.7 Å². The molecule has 1 N–H and O–H groups in total. The summed E-state index contributed by atoms with van der Waals surface area (Å²) < 4.78 is 10.1. The minimum atomic E-state index is 0.187. The van der Waals surface area contributed by atoms with Gasteiger partial charge in [-0.15, -0.1) is 5.10 Å². The summed E-state index contributed by atoms with van der Waals surface area (Å²) in [5.41, 5.74) is 3.62. The smallest absolute Gasteiger partial charge is 0.414 e. The molecule has 0 aliphatic carbocycles. The third kappa shape index (κ3) is 2.61. The van der Waals surface area contributed by atoms with E-state index in [9.17, 15) is 0 Å². The van der Waals surface area contributed by atoms with Gasteiger partial charge in [-0.1, -0.05) is 30.2 Å². The Labute approximate surface area is 106 Å². The van der Waals surface area contributed by atoms with E-state index >= 15 is 0 Å². The Hall–Kier alpha value is -2.04. The van der Waals surface area contributed by atoms with Gasteiger partial charge >= 0.3 is 6.08 Å². The van der Waals surface area contributed by atoms with Crippen molar-refractivity contribution in [2.24, 2.45) is 0 Å². The second-order valence-electron chi connectivity index (χ2n) is 3.98. The Kier molecular flexibility index (Phi) is 3.82. The molecule has 0 aliphatic rings. The fourth-order valence-electron chi connectivity index (χ4n) is 1.83. The topological polar surface area (TPSA) is 60.2 Å². The van der Waals surface area contributed by atoms with Crippen molar-refractivity contribution in [1.82, 2.24) is 10.2 Å². The fourth-order valence-corrected chi connectivity index (χ4v) is 1.83. The number of aromatic nitrogens is 2. The van der Waals surface area contributed by atoms with E-state index < -0.39 is 0 Å². The van der Waals surface area contributed by atoms with Crippen molar-refractivity contribution in [2.75, 3.05) is 12.4 Å². The van der Waals surface area contributed by atoms with Crippen LogP contribution in [0.25, 0.3) is 0 Å². The number of hydrogen-bond donors (Lipinski definition) is 1. The van der Waals surface area contributed by atoms with E-state index in [0.717, 1.165) is 12.1 Å². The largest absolute Gasteiger partial charge is 0.452 e. The molecule has 0 spiro atoms. The van der Waals surface area contributed by atoms with Crippen LogP contribution in [0.3, 0.4) is 0 Å². The van der Waals surface area contributed by atoms with Gasteiger partial charge in [-0.05, 0) is 24.5 Å². The van der Waals surface area contributed by atoms with Crippen LogP contribution < -0.4 is 10.1 Å². The third-order valence-electron chi connectivity index (χ3n) is 2.78. The molecular weight excluding hydrogens is 230 g/mol. The second kappa shape index (κ2) is 5.53. The summed E-state index contributed by atoms with van der Waals surface area (Å²) >= 11 is 0. The van der Waals surface area contributed by atoms with Crippen LogP contribution in [-0.2, 0) is 13.0 Å². The van der Waals surface area contributed by atoms with E-state index in [0.29, 0.717) is 12.4 Å². The number of benzene rings is 1. The highest BCUT2D eigenvalue weighted by atomic mass is 16.6. The van der Waals surface area contributed by atoms with Gasteiger partial charge < -0.3 is 14.5 Å². The van der Waals surface area contributed by atoms with E-state index in [4.69, 9.17) is 9.15 Å². The Morgan fingerprint density at radius 2 is 2.17 bits per heavy atom. The molecule has 18 heavy (non-hydrogen) atoms. The molecule has 1 aromatic carbocycles. The van der Waals surface area contributed by atoms with Gasteiger partial charge in [0, 0.05) is 5.69 Å². The molecule has 2 rings (SSSR count). The maximum absolute atomic E-state index is 5.26. The lowest BCUT2D eigenvalue weighted by Gasteiger charge is -2.12. The molecule has 0 atom stereocenters. The molecule has 1 aromatic heterocycles. The lowest BCUT2D eigenvalue weighted by molar-refractivity contribution is 0.282. The van der Waals surface area contributed by atoms with Crippen molar-refractivity contribution in [1.29, 1.82) is 0 Å². The first-order chi connectivity index (χ1) is 8.74. The Morgan fingerprint density at radius 3 is 2.83 bits per heavy atom. The second-order valence-corrected chi connectivity index (χ2v) is 3.98. The van der Waals surface area contributed by atoms with Crippen LogP contribution in [0.2, 0.25) is 0 Å². The number of hydrogen-bond acceptors (Lipinski definition) is 5. The van der Waals surface area contributed by atoms with Crippen molar-refractivity contribution in [3.8, 4) is 6.08 Å². The minimum Gasteiger partial charge on any atom is -0.452 e. The molecule has 5 heteroatoms. The van der Waals surface area contributed by atoms with Gasteiger partial charge in [0.1, 0.15) is 0 Å². The van der Waals surface area contributed by atoms with Crippen LogP contribution in [0, 0.1) is 6.92 Å². The lowest BCUT2D eigenvalue weighted by atomic mass is 10.1. The summed E-state index contributed by atoms with van der Waals surface area (Å²) in [7, 11) is 1.50. The minimum absolute atomic E-state index is 0.187.